The highest BCUT2D eigenvalue weighted by Gasteiger charge is 1.88. The molecule has 2 aromatic rings. The van der Waals surface area contributed by atoms with Crippen molar-refractivity contribution in [2.75, 3.05) is 0 Å². The normalized spacial score (nSPS) is 10.8. The maximum absolute atomic E-state index is 8.76. The van der Waals surface area contributed by atoms with Gasteiger partial charge in [-0.2, -0.15) is 0 Å². The van der Waals surface area contributed by atoms with E-state index in [-0.39, 0.29) is 15.4 Å². The van der Waals surface area contributed by atoms with E-state index in [0.29, 0.717) is 12.6 Å². The Bertz CT molecular complexity index is 543. The standard InChI is InChI=1S/C8H10.C7H8O.2C5H12O.C2H6.BBr3/c1-7-3-5-8(2)6-4-7;1-6-2-4-7(8)5-3-6;2*1-3-4-5(2)6;1-2;2-1(3)4/h3-6H,1-2H3;2-5,8H,1H3;2*5-6H,3-4H2,1-2H3;1-2H3;/i;;;;1D;. The SMILES string of the molecule is BrB(Br)Br.CCCC(C)O.CCCC(C)O.Cc1ccc(C)cc1.Cc1ccc(O)cc1.[2H]CC. The molecule has 3 nitrogen and oxygen atoms in total. The molecule has 0 amide bonds. The molecule has 198 valence electrons. The summed E-state index contributed by atoms with van der Waals surface area (Å²) < 4.78 is 6.48. The van der Waals surface area contributed by atoms with Gasteiger partial charge in [0.2, 0.25) is 0 Å². The molecule has 0 radical (unpaired) electrons. The second-order valence-corrected chi connectivity index (χ2v) is 13.9. The molecule has 2 unspecified atom stereocenters. The molecule has 0 aliphatic rings. The van der Waals surface area contributed by atoms with Crippen molar-refractivity contribution in [3.8, 4) is 5.75 Å². The average Bonchev–Trinajstić information content (AvgIpc) is 2.74. The minimum Gasteiger partial charge on any atom is -0.508 e. The van der Waals surface area contributed by atoms with Crippen LogP contribution < -0.4 is 0 Å². The van der Waals surface area contributed by atoms with Gasteiger partial charge in [-0.1, -0.05) is 93.6 Å². The van der Waals surface area contributed by atoms with Gasteiger partial charge in [0.05, 0.1) is 12.2 Å². The summed E-state index contributed by atoms with van der Waals surface area (Å²) in [7, 11) is 0. The summed E-state index contributed by atoms with van der Waals surface area (Å²) in [5.74, 6) is 0.329. The average molecular weight is 672 g/mol. The quantitative estimate of drug-likeness (QED) is 0.284. The second kappa shape index (κ2) is 30.7. The Labute approximate surface area is 237 Å². The van der Waals surface area contributed by atoms with Crippen LogP contribution in [0, 0.1) is 20.8 Å². The number of rotatable bonds is 4. The highest BCUT2D eigenvalue weighted by molar-refractivity contribution is 9.69. The van der Waals surface area contributed by atoms with E-state index in [1.807, 2.05) is 32.9 Å². The molecule has 2 atom stereocenters. The van der Waals surface area contributed by atoms with Gasteiger partial charge in [-0.05, 0) is 59.6 Å². The van der Waals surface area contributed by atoms with Crippen molar-refractivity contribution in [2.24, 2.45) is 0 Å². The van der Waals surface area contributed by atoms with Crippen LogP contribution in [0.3, 0.4) is 0 Å². The maximum atomic E-state index is 8.76. The third-order valence-electron chi connectivity index (χ3n) is 3.67. The van der Waals surface area contributed by atoms with Crippen LogP contribution in [0.5, 0.6) is 5.75 Å². The molecule has 0 saturated carbocycles. The van der Waals surface area contributed by atoms with E-state index in [4.69, 9.17) is 16.7 Å². The van der Waals surface area contributed by atoms with Crippen molar-refractivity contribution in [1.82, 2.24) is 0 Å². The van der Waals surface area contributed by atoms with Crippen molar-refractivity contribution < 1.29 is 16.7 Å². The minimum atomic E-state index is -0.102. The summed E-state index contributed by atoms with van der Waals surface area (Å²) >= 11 is 9.31. The number of benzene rings is 2. The Morgan fingerprint density at radius 1 is 0.735 bits per heavy atom. The number of phenolic OH excluding ortho intramolecular Hbond substituents is 1. The summed E-state index contributed by atoms with van der Waals surface area (Å²) in [6, 6.07) is 15.6. The molecular weight excluding hydrogens is 623 g/mol. The van der Waals surface area contributed by atoms with Gasteiger partial charge in [-0.15, -0.1) is 47.3 Å². The number of aliphatic hydroxyl groups excluding tert-OH is 2. The molecule has 0 spiro atoms. The lowest BCUT2D eigenvalue weighted by molar-refractivity contribution is 0.183. The Morgan fingerprint density at radius 2 is 0.941 bits per heavy atom. The number of aryl methyl sites for hydroxylation is 3. The van der Waals surface area contributed by atoms with E-state index in [2.05, 4.69) is 99.2 Å². The molecule has 0 bridgehead atoms. The summed E-state index contributed by atoms with van der Waals surface area (Å²) in [6.07, 6.45) is 3.82. The second-order valence-electron chi connectivity index (χ2n) is 7.51. The number of hydrogen-bond acceptors (Lipinski definition) is 3. The molecule has 0 aliphatic heterocycles. The molecule has 0 aromatic heterocycles. The minimum absolute atomic E-state index is 0.102. The summed E-state index contributed by atoms with van der Waals surface area (Å²) in [4.78, 5) is 0. The fraction of sp³-hybridized carbons (Fsp3) is 0.556. The fourth-order valence-electron chi connectivity index (χ4n) is 2.02. The Kier molecular flexibility index (Phi) is 34.5. The van der Waals surface area contributed by atoms with E-state index < -0.39 is 0 Å². The van der Waals surface area contributed by atoms with Gasteiger partial charge >= 0.3 is 3.18 Å². The zero-order valence-electron chi connectivity index (χ0n) is 23.4. The molecule has 7 heteroatoms. The number of aliphatic hydroxyl groups is 2. The van der Waals surface area contributed by atoms with E-state index in [1.165, 1.54) is 16.7 Å². The van der Waals surface area contributed by atoms with Crippen molar-refractivity contribution >= 4 is 50.5 Å². The Hall–Kier alpha value is -0.335. The van der Waals surface area contributed by atoms with Gasteiger partial charge in [0, 0.05) is 1.37 Å². The summed E-state index contributed by atoms with van der Waals surface area (Å²) in [5, 5.41) is 25.9. The third-order valence-corrected chi connectivity index (χ3v) is 3.67. The highest BCUT2D eigenvalue weighted by Crippen LogP contribution is 2.08. The van der Waals surface area contributed by atoms with Gasteiger partial charge in [-0.3, -0.25) is 0 Å². The van der Waals surface area contributed by atoms with Crippen LogP contribution in [0.15, 0.2) is 48.5 Å². The number of phenols is 1. The lowest BCUT2D eigenvalue weighted by Gasteiger charge is -1.95. The predicted molar refractivity (Wildman–Crippen MR) is 166 cm³/mol. The number of aromatic hydroxyl groups is 1. The van der Waals surface area contributed by atoms with Crippen LogP contribution in [0.25, 0.3) is 0 Å². The van der Waals surface area contributed by atoms with Gasteiger partial charge in [0.1, 0.15) is 5.75 Å². The summed E-state index contributed by atoms with van der Waals surface area (Å²) in [5.41, 5.74) is 3.83. The van der Waals surface area contributed by atoms with Crippen LogP contribution in [0.2, 0.25) is 0 Å². The molecule has 0 saturated heterocycles. The Morgan fingerprint density at radius 3 is 1.06 bits per heavy atom. The number of hydrogen-bond donors (Lipinski definition) is 3. The molecule has 3 N–H and O–H groups in total. The largest absolute Gasteiger partial charge is 0.508 e. The predicted octanol–water partition coefficient (Wildman–Crippen LogP) is 9.52. The first-order chi connectivity index (χ1) is 16.3. The third kappa shape index (κ3) is 45.2. The molecule has 34 heavy (non-hydrogen) atoms. The number of halogens is 3. The fourth-order valence-corrected chi connectivity index (χ4v) is 2.02. The molecule has 0 aliphatic carbocycles. The monoisotopic (exact) mass is 669 g/mol. The zero-order valence-corrected chi connectivity index (χ0v) is 27.1. The van der Waals surface area contributed by atoms with E-state index in [0.717, 1.165) is 25.7 Å². The van der Waals surface area contributed by atoms with Gasteiger partial charge in [0.25, 0.3) is 0 Å². The van der Waals surface area contributed by atoms with Crippen LogP contribution >= 0.6 is 47.3 Å². The molecule has 0 fully saturated rings. The van der Waals surface area contributed by atoms with Gasteiger partial charge < -0.3 is 15.3 Å². The lowest BCUT2D eigenvalue weighted by atomic mass is 10.2. The van der Waals surface area contributed by atoms with Crippen molar-refractivity contribution in [3.63, 3.8) is 0 Å². The van der Waals surface area contributed by atoms with Crippen LogP contribution in [-0.2, 0) is 0 Å². The highest BCUT2D eigenvalue weighted by atomic mass is 79.9. The van der Waals surface area contributed by atoms with E-state index >= 15 is 0 Å². The zero-order chi connectivity index (χ0) is 28.2. The van der Waals surface area contributed by atoms with Gasteiger partial charge in [-0.25, -0.2) is 0 Å². The smallest absolute Gasteiger partial charge is 0.369 e. The topological polar surface area (TPSA) is 60.7 Å². The van der Waals surface area contributed by atoms with E-state index in [1.54, 1.807) is 19.1 Å². The molecular formula is C27H48BBr3O3. The van der Waals surface area contributed by atoms with E-state index in [9.17, 15) is 0 Å². The van der Waals surface area contributed by atoms with Crippen LogP contribution in [0.1, 0.15) is 85.3 Å². The Balaban J connectivity index is -0.000000170. The molecule has 0 heterocycles. The first-order valence-corrected chi connectivity index (χ1v) is 14.4. The molecule has 2 aromatic carbocycles. The van der Waals surface area contributed by atoms with Crippen LogP contribution in [0.4, 0.5) is 0 Å². The first-order valence-electron chi connectivity index (χ1n) is 12.3. The van der Waals surface area contributed by atoms with Crippen molar-refractivity contribution in [2.45, 2.75) is 100 Å². The maximum Gasteiger partial charge on any atom is 0.369 e. The molecule has 2 rings (SSSR count). The van der Waals surface area contributed by atoms with Gasteiger partial charge in [0.15, 0.2) is 0 Å². The lowest BCUT2D eigenvalue weighted by Crippen LogP contribution is -1.95. The first kappa shape index (κ1) is 38.2. The summed E-state index contributed by atoms with van der Waals surface area (Å²) in [6.45, 7) is 16.2. The van der Waals surface area contributed by atoms with Crippen molar-refractivity contribution in [3.05, 3.63) is 65.2 Å². The van der Waals surface area contributed by atoms with Crippen LogP contribution in [-0.4, -0.2) is 30.7 Å². The van der Waals surface area contributed by atoms with Crippen molar-refractivity contribution in [1.29, 1.82) is 0 Å².